The lowest BCUT2D eigenvalue weighted by Crippen LogP contribution is -2.14. The summed E-state index contributed by atoms with van der Waals surface area (Å²) in [6, 6.07) is 19.8. The summed E-state index contributed by atoms with van der Waals surface area (Å²) >= 11 is 1.56. The zero-order chi connectivity index (χ0) is 23.4. The van der Waals surface area contributed by atoms with Crippen molar-refractivity contribution in [3.63, 3.8) is 0 Å². The third-order valence-electron chi connectivity index (χ3n) is 5.33. The van der Waals surface area contributed by atoms with Crippen molar-refractivity contribution in [2.45, 2.75) is 38.1 Å². The molecule has 0 aliphatic carbocycles. The largest absolute Gasteiger partial charge is 0.321 e. The highest BCUT2D eigenvalue weighted by Crippen LogP contribution is 2.31. The van der Waals surface area contributed by atoms with E-state index >= 15 is 0 Å². The first-order valence-corrected chi connectivity index (χ1v) is 11.8. The monoisotopic (exact) mass is 455 g/mol. The zero-order valence-corrected chi connectivity index (χ0v) is 19.7. The average molecular weight is 456 g/mol. The fourth-order valence-corrected chi connectivity index (χ4v) is 4.54. The topological polar surface area (TPSA) is 83.6 Å². The third-order valence-corrected chi connectivity index (χ3v) is 6.40. The molecule has 4 aromatic rings. The minimum atomic E-state index is -0.214. The zero-order valence-electron chi connectivity index (χ0n) is 18.9. The normalized spacial score (nSPS) is 11.0. The number of nitriles is 1. The maximum Gasteiger partial charge on any atom is 0.256 e. The fourth-order valence-electron chi connectivity index (χ4n) is 3.67. The van der Waals surface area contributed by atoms with Gasteiger partial charge in [0, 0.05) is 28.7 Å². The van der Waals surface area contributed by atoms with Crippen LogP contribution in [0.25, 0.3) is 22.3 Å². The molecule has 0 fully saturated rings. The number of thioether (sulfide) groups is 1. The number of carbonyl (C=O) groups excluding carboxylic acids is 1. The van der Waals surface area contributed by atoms with Crippen molar-refractivity contribution in [1.29, 1.82) is 5.26 Å². The van der Waals surface area contributed by atoms with Crippen molar-refractivity contribution in [1.82, 2.24) is 14.8 Å². The van der Waals surface area contributed by atoms with Gasteiger partial charge in [-0.3, -0.25) is 4.79 Å². The molecule has 1 amide bonds. The second-order valence-corrected chi connectivity index (χ2v) is 9.13. The summed E-state index contributed by atoms with van der Waals surface area (Å²) in [4.78, 5) is 19.3. The molecule has 2 aromatic heterocycles. The van der Waals surface area contributed by atoms with Crippen molar-refractivity contribution in [2.24, 2.45) is 0 Å². The molecule has 33 heavy (non-hydrogen) atoms. The Labute approximate surface area is 197 Å². The fraction of sp³-hybridized carbons (Fsp3) is 0.231. The van der Waals surface area contributed by atoms with Crippen molar-refractivity contribution in [3.8, 4) is 17.3 Å². The number of aromatic nitrogens is 3. The van der Waals surface area contributed by atoms with Crippen LogP contribution in [0.5, 0.6) is 0 Å². The first-order chi connectivity index (χ1) is 16.0. The minimum absolute atomic E-state index is 0.107. The highest BCUT2D eigenvalue weighted by molar-refractivity contribution is 7.99. The lowest BCUT2D eigenvalue weighted by molar-refractivity contribution is 0.102. The lowest BCUT2D eigenvalue weighted by Gasteiger charge is -2.13. The molecule has 0 radical (unpaired) electrons. The van der Waals surface area contributed by atoms with E-state index < -0.39 is 0 Å². The van der Waals surface area contributed by atoms with E-state index in [0.29, 0.717) is 28.8 Å². The molecule has 0 atom stereocenters. The molecule has 0 saturated heterocycles. The van der Waals surface area contributed by atoms with Crippen molar-refractivity contribution in [2.75, 3.05) is 11.1 Å². The Bertz CT molecular complexity index is 1350. The molecule has 0 aliphatic heterocycles. The number of anilines is 1. The van der Waals surface area contributed by atoms with Crippen LogP contribution in [0.4, 0.5) is 5.69 Å². The first kappa shape index (κ1) is 22.6. The predicted molar refractivity (Wildman–Crippen MR) is 133 cm³/mol. The van der Waals surface area contributed by atoms with Crippen LogP contribution in [0.15, 0.2) is 65.7 Å². The SMILES string of the molecule is Cc1ccccc1-c1cc(C(=O)Nc2ccccc2SCCC#N)c2cnn(C(C)C)c2n1. The number of carbonyl (C=O) groups is 1. The summed E-state index contributed by atoms with van der Waals surface area (Å²) in [6.07, 6.45) is 2.17. The number of pyridine rings is 1. The van der Waals surface area contributed by atoms with E-state index in [-0.39, 0.29) is 11.9 Å². The van der Waals surface area contributed by atoms with E-state index in [1.165, 1.54) is 0 Å². The molecule has 0 spiro atoms. The van der Waals surface area contributed by atoms with Gasteiger partial charge in [0.05, 0.1) is 34.6 Å². The molecule has 0 aliphatic rings. The van der Waals surface area contributed by atoms with Gasteiger partial charge in [-0.15, -0.1) is 11.8 Å². The molecule has 2 heterocycles. The Kier molecular flexibility index (Phi) is 6.76. The number of nitrogens with one attached hydrogen (secondary N) is 1. The van der Waals surface area contributed by atoms with Gasteiger partial charge < -0.3 is 5.32 Å². The van der Waals surface area contributed by atoms with Crippen LogP contribution < -0.4 is 5.32 Å². The summed E-state index contributed by atoms with van der Waals surface area (Å²) in [6.45, 7) is 6.13. The minimum Gasteiger partial charge on any atom is -0.321 e. The number of amides is 1. The third kappa shape index (κ3) is 4.76. The van der Waals surface area contributed by atoms with Crippen molar-refractivity contribution >= 4 is 34.4 Å². The van der Waals surface area contributed by atoms with Crippen LogP contribution >= 0.6 is 11.8 Å². The summed E-state index contributed by atoms with van der Waals surface area (Å²) in [5.41, 5.74) is 4.76. The molecule has 4 rings (SSSR count). The maximum absolute atomic E-state index is 13.5. The van der Waals surface area contributed by atoms with Gasteiger partial charge in [-0.05, 0) is 44.5 Å². The molecule has 7 heteroatoms. The Morgan fingerprint density at radius 1 is 1.18 bits per heavy atom. The number of aryl methyl sites for hydroxylation is 1. The maximum atomic E-state index is 13.5. The van der Waals surface area contributed by atoms with Crippen LogP contribution in [0.2, 0.25) is 0 Å². The summed E-state index contributed by atoms with van der Waals surface area (Å²) in [7, 11) is 0. The summed E-state index contributed by atoms with van der Waals surface area (Å²) < 4.78 is 1.85. The van der Waals surface area contributed by atoms with Gasteiger partial charge >= 0.3 is 0 Å². The number of fused-ring (bicyclic) bond motifs is 1. The first-order valence-electron chi connectivity index (χ1n) is 10.8. The van der Waals surface area contributed by atoms with E-state index in [9.17, 15) is 4.79 Å². The smallest absolute Gasteiger partial charge is 0.256 e. The standard InChI is InChI=1S/C26H25N5OS/c1-17(2)31-25-21(16-28-31)20(15-23(29-25)19-10-5-4-9-18(19)3)26(32)30-22-11-6-7-12-24(22)33-14-8-13-27/h4-7,9-12,15-17H,8,14H2,1-3H3,(H,30,32). The van der Waals surface area contributed by atoms with Gasteiger partial charge in [0.15, 0.2) is 5.65 Å². The van der Waals surface area contributed by atoms with Gasteiger partial charge in [-0.1, -0.05) is 36.4 Å². The average Bonchev–Trinajstić information content (AvgIpc) is 3.24. The van der Waals surface area contributed by atoms with E-state index in [0.717, 1.165) is 27.4 Å². The van der Waals surface area contributed by atoms with E-state index in [1.807, 2.05) is 80.1 Å². The van der Waals surface area contributed by atoms with E-state index in [1.54, 1.807) is 18.0 Å². The quantitative estimate of drug-likeness (QED) is 0.263. The van der Waals surface area contributed by atoms with Gasteiger partial charge in [0.1, 0.15) is 0 Å². The molecule has 0 bridgehead atoms. The van der Waals surface area contributed by atoms with E-state index in [4.69, 9.17) is 10.2 Å². The van der Waals surface area contributed by atoms with Crippen LogP contribution in [0.3, 0.4) is 0 Å². The molecule has 1 N–H and O–H groups in total. The number of para-hydroxylation sites is 1. The highest BCUT2D eigenvalue weighted by atomic mass is 32.2. The molecule has 6 nitrogen and oxygen atoms in total. The van der Waals surface area contributed by atoms with Crippen LogP contribution in [0.1, 0.15) is 42.2 Å². The van der Waals surface area contributed by atoms with Gasteiger partial charge in [0.25, 0.3) is 5.91 Å². The molecular weight excluding hydrogens is 430 g/mol. The van der Waals surface area contributed by atoms with E-state index in [2.05, 4.69) is 16.5 Å². The van der Waals surface area contributed by atoms with Crippen molar-refractivity contribution < 1.29 is 4.79 Å². The van der Waals surface area contributed by atoms with Gasteiger partial charge in [-0.25, -0.2) is 9.67 Å². The number of rotatable bonds is 7. The summed E-state index contributed by atoms with van der Waals surface area (Å²) in [5, 5.41) is 17.1. The predicted octanol–water partition coefficient (Wildman–Crippen LogP) is 6.25. The van der Waals surface area contributed by atoms with Gasteiger partial charge in [0.2, 0.25) is 0 Å². The Morgan fingerprint density at radius 3 is 2.70 bits per heavy atom. The molecule has 0 unspecified atom stereocenters. The number of hydrogen-bond acceptors (Lipinski definition) is 5. The van der Waals surface area contributed by atoms with Crippen LogP contribution in [0, 0.1) is 18.3 Å². The Morgan fingerprint density at radius 2 is 1.94 bits per heavy atom. The summed E-state index contributed by atoms with van der Waals surface area (Å²) in [5.74, 6) is 0.454. The van der Waals surface area contributed by atoms with Crippen LogP contribution in [-0.4, -0.2) is 26.4 Å². The van der Waals surface area contributed by atoms with Gasteiger partial charge in [-0.2, -0.15) is 10.4 Å². The number of benzene rings is 2. The molecule has 2 aromatic carbocycles. The Hall–Kier alpha value is -3.63. The van der Waals surface area contributed by atoms with Crippen LogP contribution in [-0.2, 0) is 0 Å². The van der Waals surface area contributed by atoms with Crippen molar-refractivity contribution in [3.05, 3.63) is 71.9 Å². The highest BCUT2D eigenvalue weighted by Gasteiger charge is 2.20. The molecule has 166 valence electrons. The lowest BCUT2D eigenvalue weighted by atomic mass is 10.0. The number of nitrogens with zero attached hydrogens (tertiary/aromatic N) is 4. The molecular formula is C26H25N5OS. The second-order valence-electron chi connectivity index (χ2n) is 8.00. The Balaban J connectivity index is 1.78. The second kappa shape index (κ2) is 9.88. The number of hydrogen-bond donors (Lipinski definition) is 1. The molecule has 0 saturated carbocycles.